The summed E-state index contributed by atoms with van der Waals surface area (Å²) >= 11 is 9.36. The molecule has 1 unspecified atom stereocenters. The lowest BCUT2D eigenvalue weighted by atomic mass is 10.1. The lowest BCUT2D eigenvalue weighted by Gasteiger charge is -2.24. The van der Waals surface area contributed by atoms with Gasteiger partial charge in [-0.25, -0.2) is 0 Å². The first-order chi connectivity index (χ1) is 7.07. The summed E-state index contributed by atoms with van der Waals surface area (Å²) in [6.07, 6.45) is -5.59. The van der Waals surface area contributed by atoms with E-state index in [0.29, 0.717) is 3.79 Å². The Hall–Kier alpha value is 0.790. The van der Waals surface area contributed by atoms with Crippen LogP contribution in [0.15, 0.2) is 13.6 Å². The van der Waals surface area contributed by atoms with Crippen LogP contribution in [0.5, 0.6) is 0 Å². The van der Waals surface area contributed by atoms with Crippen molar-refractivity contribution in [2.75, 3.05) is 0 Å². The quantitative estimate of drug-likeness (QED) is 0.387. The van der Waals surface area contributed by atoms with E-state index in [1.807, 2.05) is 0 Å². The van der Waals surface area contributed by atoms with Crippen LogP contribution in [0, 0.1) is 0 Å². The molecule has 9 heteroatoms. The van der Waals surface area contributed by atoms with Gasteiger partial charge in [-0.05, 0) is 43.5 Å². The summed E-state index contributed by atoms with van der Waals surface area (Å²) in [7, 11) is 0. The highest BCUT2D eigenvalue weighted by atomic mass is 79.9. The largest absolute Gasteiger partial charge is 0.454 e. The minimum atomic E-state index is -5.59. The smallest absolute Gasteiger partial charge is 0.195 e. The Balaban J connectivity index is 3.11. The summed E-state index contributed by atoms with van der Waals surface area (Å²) in [6, 6.07) is 1.22. The zero-order chi connectivity index (χ0) is 12.7. The summed E-state index contributed by atoms with van der Waals surface area (Å²) in [5.74, 6) is -4.82. The molecule has 0 spiro atoms. The molecule has 1 heterocycles. The van der Waals surface area contributed by atoms with Gasteiger partial charge in [-0.15, -0.1) is 11.3 Å². The third-order valence-electron chi connectivity index (χ3n) is 1.65. The van der Waals surface area contributed by atoms with Gasteiger partial charge in [0.2, 0.25) is 0 Å². The molecular formula is C7H2Br3F5S. The molecule has 0 aliphatic rings. The average Bonchev–Trinajstić information content (AvgIpc) is 2.41. The van der Waals surface area contributed by atoms with Gasteiger partial charge in [-0.1, -0.05) is 15.9 Å². The van der Waals surface area contributed by atoms with Crippen molar-refractivity contribution in [3.8, 4) is 0 Å². The Morgan fingerprint density at radius 2 is 1.62 bits per heavy atom. The van der Waals surface area contributed by atoms with Crippen LogP contribution in [0.4, 0.5) is 22.0 Å². The first-order valence-corrected chi connectivity index (χ1v) is 6.92. The molecule has 0 aromatic carbocycles. The Kier molecular flexibility index (Phi) is 4.47. The number of alkyl halides is 6. The molecule has 1 atom stereocenters. The summed E-state index contributed by atoms with van der Waals surface area (Å²) < 4.78 is 63.0. The van der Waals surface area contributed by atoms with Crippen molar-refractivity contribution >= 4 is 59.1 Å². The molecule has 0 aliphatic carbocycles. The number of hydrogen-bond donors (Lipinski definition) is 0. The van der Waals surface area contributed by atoms with E-state index in [2.05, 4.69) is 47.8 Å². The first kappa shape index (κ1) is 14.8. The van der Waals surface area contributed by atoms with E-state index in [1.165, 1.54) is 6.07 Å². The molecule has 0 N–H and O–H groups in total. The maximum atomic E-state index is 13.0. The van der Waals surface area contributed by atoms with Crippen LogP contribution in [0.2, 0.25) is 0 Å². The number of halogens is 8. The fourth-order valence-electron chi connectivity index (χ4n) is 0.865. The molecule has 0 aliphatic heterocycles. The average molecular weight is 453 g/mol. The minimum Gasteiger partial charge on any atom is -0.195 e. The van der Waals surface area contributed by atoms with Crippen molar-refractivity contribution in [1.82, 2.24) is 0 Å². The van der Waals surface area contributed by atoms with Gasteiger partial charge in [0.15, 0.2) is 0 Å². The van der Waals surface area contributed by atoms with E-state index in [9.17, 15) is 22.0 Å². The molecule has 16 heavy (non-hydrogen) atoms. The number of hydrogen-bond acceptors (Lipinski definition) is 1. The van der Waals surface area contributed by atoms with Gasteiger partial charge in [0.25, 0.3) is 0 Å². The van der Waals surface area contributed by atoms with Crippen LogP contribution in [0.3, 0.4) is 0 Å². The third kappa shape index (κ3) is 2.78. The zero-order valence-electron chi connectivity index (χ0n) is 7.09. The maximum absolute atomic E-state index is 13.0. The molecule has 0 amide bonds. The van der Waals surface area contributed by atoms with Crippen molar-refractivity contribution in [3.05, 3.63) is 19.2 Å². The maximum Gasteiger partial charge on any atom is 0.454 e. The van der Waals surface area contributed by atoms with E-state index < -0.39 is 16.9 Å². The van der Waals surface area contributed by atoms with Gasteiger partial charge in [0.1, 0.15) is 4.83 Å². The van der Waals surface area contributed by atoms with Crippen molar-refractivity contribution in [1.29, 1.82) is 0 Å². The van der Waals surface area contributed by atoms with Crippen LogP contribution in [0.25, 0.3) is 0 Å². The molecule has 1 aromatic heterocycles. The third-order valence-corrected chi connectivity index (χ3v) is 5.11. The fourth-order valence-corrected chi connectivity index (χ4v) is 4.85. The van der Waals surface area contributed by atoms with Crippen molar-refractivity contribution in [2.45, 2.75) is 16.9 Å². The second-order valence-corrected chi connectivity index (χ2v) is 7.43. The van der Waals surface area contributed by atoms with Crippen LogP contribution in [-0.4, -0.2) is 12.1 Å². The van der Waals surface area contributed by atoms with E-state index >= 15 is 0 Å². The summed E-state index contributed by atoms with van der Waals surface area (Å²) in [6.45, 7) is 0. The Morgan fingerprint density at radius 1 is 1.12 bits per heavy atom. The summed E-state index contributed by atoms with van der Waals surface area (Å²) in [4.78, 5) is -2.11. The zero-order valence-corrected chi connectivity index (χ0v) is 12.7. The predicted octanol–water partition coefficient (Wildman–Crippen LogP) is 5.91. The van der Waals surface area contributed by atoms with Gasteiger partial charge in [0.05, 0.1) is 7.57 Å². The molecule has 1 rings (SSSR count). The lowest BCUT2D eigenvalue weighted by Crippen LogP contribution is -2.39. The highest BCUT2D eigenvalue weighted by molar-refractivity contribution is 9.12. The lowest BCUT2D eigenvalue weighted by molar-refractivity contribution is -0.281. The van der Waals surface area contributed by atoms with Crippen molar-refractivity contribution in [3.63, 3.8) is 0 Å². The highest BCUT2D eigenvalue weighted by Crippen LogP contribution is 2.52. The molecular weight excluding hydrogens is 451 g/mol. The summed E-state index contributed by atoms with van der Waals surface area (Å²) in [5.41, 5.74) is -0.140. The molecule has 0 saturated carbocycles. The Labute approximate surface area is 117 Å². The predicted molar refractivity (Wildman–Crippen MR) is 62.4 cm³/mol. The Bertz CT molecular complexity index is 386. The van der Waals surface area contributed by atoms with Crippen LogP contribution in [0.1, 0.15) is 10.4 Å². The van der Waals surface area contributed by atoms with E-state index in [1.54, 1.807) is 0 Å². The number of rotatable bonds is 2. The molecule has 0 nitrogen and oxygen atoms in total. The van der Waals surface area contributed by atoms with E-state index in [4.69, 9.17) is 0 Å². The molecule has 0 fully saturated rings. The van der Waals surface area contributed by atoms with E-state index in [0.717, 1.165) is 11.3 Å². The van der Waals surface area contributed by atoms with E-state index in [-0.39, 0.29) is 9.35 Å². The second kappa shape index (κ2) is 4.81. The monoisotopic (exact) mass is 450 g/mol. The topological polar surface area (TPSA) is 0 Å². The Morgan fingerprint density at radius 3 is 1.94 bits per heavy atom. The molecule has 92 valence electrons. The number of thiophene rings is 1. The fraction of sp³-hybridized carbons (Fsp3) is 0.429. The first-order valence-electron chi connectivity index (χ1n) is 3.60. The molecule has 0 bridgehead atoms. The van der Waals surface area contributed by atoms with Gasteiger partial charge in [0, 0.05) is 0 Å². The highest BCUT2D eigenvalue weighted by Gasteiger charge is 2.62. The van der Waals surface area contributed by atoms with Gasteiger partial charge in [-0.2, -0.15) is 22.0 Å². The van der Waals surface area contributed by atoms with Gasteiger partial charge >= 0.3 is 12.1 Å². The van der Waals surface area contributed by atoms with Crippen LogP contribution >= 0.6 is 59.1 Å². The van der Waals surface area contributed by atoms with Gasteiger partial charge in [-0.3, -0.25) is 0 Å². The van der Waals surface area contributed by atoms with Gasteiger partial charge < -0.3 is 0 Å². The minimum absolute atomic E-state index is 0.140. The normalized spacial score (nSPS) is 15.2. The molecule has 0 radical (unpaired) electrons. The summed E-state index contributed by atoms with van der Waals surface area (Å²) in [5, 5.41) is 0. The second-order valence-electron chi connectivity index (χ2n) is 2.76. The van der Waals surface area contributed by atoms with Crippen LogP contribution < -0.4 is 0 Å². The molecule has 0 saturated heterocycles. The van der Waals surface area contributed by atoms with Crippen molar-refractivity contribution < 1.29 is 22.0 Å². The van der Waals surface area contributed by atoms with Crippen molar-refractivity contribution in [2.24, 2.45) is 0 Å². The standard InChI is InChI=1S/C7H2Br3F5S/c8-3-1-2(5(10)16-3)4(9)6(11,12)7(13,14)15/h1,4H. The molecule has 1 aromatic rings. The van der Waals surface area contributed by atoms with Crippen LogP contribution in [-0.2, 0) is 0 Å². The SMILES string of the molecule is FC(F)(F)C(F)(F)C(Br)c1cc(Br)sc1Br.